The molecule has 0 heteroatoms. The summed E-state index contributed by atoms with van der Waals surface area (Å²) in [6.07, 6.45) is 4.23. The highest BCUT2D eigenvalue weighted by molar-refractivity contribution is 5.87. The van der Waals surface area contributed by atoms with Gasteiger partial charge in [-0.15, -0.1) is 0 Å². The third-order valence-electron chi connectivity index (χ3n) is 6.80. The Kier molecular flexibility index (Phi) is 2.41. The predicted octanol–water partition coefficient (Wildman–Crippen LogP) is 5.55. The molecule has 5 rings (SSSR count). The Morgan fingerprint density at radius 1 is 0.950 bits per heavy atom. The number of benzene rings is 2. The van der Waals surface area contributed by atoms with Gasteiger partial charge in [0.25, 0.3) is 0 Å². The fraction of sp³-hybridized carbons (Fsp3) is 0.500. The van der Waals surface area contributed by atoms with Crippen molar-refractivity contribution in [3.8, 4) is 0 Å². The maximum atomic E-state index is 2.51. The van der Waals surface area contributed by atoms with E-state index in [2.05, 4.69) is 63.2 Å². The summed E-state index contributed by atoms with van der Waals surface area (Å²) < 4.78 is 0. The molecule has 0 aliphatic heterocycles. The summed E-state index contributed by atoms with van der Waals surface area (Å²) in [5.74, 6) is 1.73. The maximum Gasteiger partial charge on any atom is 0.00413 e. The average molecular weight is 264 g/mol. The molecule has 0 spiro atoms. The van der Waals surface area contributed by atoms with Crippen molar-refractivity contribution in [3.63, 3.8) is 0 Å². The van der Waals surface area contributed by atoms with Crippen LogP contribution in [0.3, 0.4) is 0 Å². The Labute approximate surface area is 122 Å². The van der Waals surface area contributed by atoms with Gasteiger partial charge in [-0.1, -0.05) is 63.2 Å². The Hall–Kier alpha value is -1.30. The lowest BCUT2D eigenvalue weighted by Crippen LogP contribution is -2.64. The molecule has 0 saturated heterocycles. The van der Waals surface area contributed by atoms with Crippen LogP contribution < -0.4 is 0 Å². The standard InChI is InChI=1S/C20H24/c1-14-11-12-16-13-20(14,19(16,2)3)18-10-6-8-15-7-4-5-9-17(15)18/h4-10,14,16H,11-13H2,1-3H3. The first-order valence-corrected chi connectivity index (χ1v) is 8.05. The van der Waals surface area contributed by atoms with Crippen molar-refractivity contribution in [2.24, 2.45) is 17.3 Å². The van der Waals surface area contributed by atoms with Crippen molar-refractivity contribution in [2.75, 3.05) is 0 Å². The third-order valence-corrected chi connectivity index (χ3v) is 6.80. The van der Waals surface area contributed by atoms with Crippen molar-refractivity contribution in [1.82, 2.24) is 0 Å². The van der Waals surface area contributed by atoms with Crippen LogP contribution >= 0.6 is 0 Å². The Morgan fingerprint density at radius 2 is 1.70 bits per heavy atom. The van der Waals surface area contributed by atoms with E-state index in [9.17, 15) is 0 Å². The molecule has 0 amide bonds. The molecule has 2 aromatic rings. The Morgan fingerprint density at radius 3 is 2.45 bits per heavy atom. The molecule has 3 fully saturated rings. The van der Waals surface area contributed by atoms with Crippen LogP contribution in [-0.2, 0) is 5.41 Å². The van der Waals surface area contributed by atoms with Crippen molar-refractivity contribution < 1.29 is 0 Å². The number of hydrogen-bond acceptors (Lipinski definition) is 0. The third kappa shape index (κ3) is 1.28. The highest BCUT2D eigenvalue weighted by atomic mass is 14.7. The summed E-state index contributed by atoms with van der Waals surface area (Å²) in [5.41, 5.74) is 2.47. The molecule has 2 aromatic carbocycles. The van der Waals surface area contributed by atoms with Crippen LogP contribution in [0, 0.1) is 17.3 Å². The van der Waals surface area contributed by atoms with Crippen LogP contribution in [0.2, 0.25) is 0 Å². The molecule has 0 nitrogen and oxygen atoms in total. The van der Waals surface area contributed by atoms with Crippen LogP contribution in [0.15, 0.2) is 42.5 Å². The fourth-order valence-electron chi connectivity index (χ4n) is 5.47. The van der Waals surface area contributed by atoms with Crippen LogP contribution in [-0.4, -0.2) is 0 Å². The largest absolute Gasteiger partial charge is 0.0616 e. The summed E-state index contributed by atoms with van der Waals surface area (Å²) in [5, 5.41) is 2.88. The lowest BCUT2D eigenvalue weighted by molar-refractivity contribution is -0.132. The number of rotatable bonds is 1. The highest BCUT2D eigenvalue weighted by Crippen LogP contribution is 2.70. The van der Waals surface area contributed by atoms with Gasteiger partial charge in [0, 0.05) is 5.41 Å². The fourth-order valence-corrected chi connectivity index (χ4v) is 5.47. The molecule has 3 atom stereocenters. The molecule has 0 radical (unpaired) electrons. The summed E-state index contributed by atoms with van der Waals surface area (Å²) in [6, 6.07) is 15.9. The van der Waals surface area contributed by atoms with Crippen molar-refractivity contribution >= 4 is 10.8 Å². The Balaban J connectivity index is 1.99. The van der Waals surface area contributed by atoms with E-state index in [1.807, 2.05) is 0 Å². The van der Waals surface area contributed by atoms with E-state index in [4.69, 9.17) is 0 Å². The van der Waals surface area contributed by atoms with E-state index in [1.165, 1.54) is 30.0 Å². The van der Waals surface area contributed by atoms with E-state index in [0.29, 0.717) is 10.8 Å². The normalized spacial score (nSPS) is 34.8. The van der Waals surface area contributed by atoms with Gasteiger partial charge >= 0.3 is 0 Å². The average Bonchev–Trinajstić information content (AvgIpc) is 2.46. The van der Waals surface area contributed by atoms with Gasteiger partial charge in [0.05, 0.1) is 0 Å². The van der Waals surface area contributed by atoms with Crippen LogP contribution in [0.5, 0.6) is 0 Å². The van der Waals surface area contributed by atoms with E-state index >= 15 is 0 Å². The molecule has 3 unspecified atom stereocenters. The zero-order valence-electron chi connectivity index (χ0n) is 12.8. The maximum absolute atomic E-state index is 2.51. The van der Waals surface area contributed by atoms with Gasteiger partial charge in [-0.3, -0.25) is 0 Å². The minimum Gasteiger partial charge on any atom is -0.0616 e. The minimum atomic E-state index is 0.400. The zero-order chi connectivity index (χ0) is 14.0. The molecular formula is C20H24. The van der Waals surface area contributed by atoms with Crippen LogP contribution in [0.25, 0.3) is 10.8 Å². The Bertz CT molecular complexity index is 661. The molecule has 3 aliphatic carbocycles. The molecule has 0 N–H and O–H groups in total. The molecule has 20 heavy (non-hydrogen) atoms. The van der Waals surface area contributed by atoms with Crippen molar-refractivity contribution in [2.45, 2.75) is 45.4 Å². The van der Waals surface area contributed by atoms with Gasteiger partial charge in [0.2, 0.25) is 0 Å². The molecule has 2 bridgehead atoms. The van der Waals surface area contributed by atoms with Crippen LogP contribution in [0.4, 0.5) is 0 Å². The first-order chi connectivity index (χ1) is 9.57. The topological polar surface area (TPSA) is 0 Å². The van der Waals surface area contributed by atoms with Crippen molar-refractivity contribution in [3.05, 3.63) is 48.0 Å². The van der Waals surface area contributed by atoms with E-state index < -0.39 is 0 Å². The first-order valence-electron chi connectivity index (χ1n) is 8.05. The summed E-state index contributed by atoms with van der Waals surface area (Å²) in [7, 11) is 0. The van der Waals surface area contributed by atoms with Gasteiger partial charge in [-0.05, 0) is 52.8 Å². The van der Waals surface area contributed by atoms with Crippen molar-refractivity contribution in [1.29, 1.82) is 0 Å². The van der Waals surface area contributed by atoms with Gasteiger partial charge in [-0.2, -0.15) is 0 Å². The lowest BCUT2D eigenvalue weighted by atomic mass is 9.35. The summed E-state index contributed by atoms with van der Waals surface area (Å²) in [6.45, 7) is 7.51. The molecule has 0 heterocycles. The summed E-state index contributed by atoms with van der Waals surface area (Å²) >= 11 is 0. The molecule has 104 valence electrons. The second kappa shape index (κ2) is 3.87. The minimum absolute atomic E-state index is 0.400. The second-order valence-electron chi connectivity index (χ2n) is 7.60. The monoisotopic (exact) mass is 264 g/mol. The predicted molar refractivity (Wildman–Crippen MR) is 85.9 cm³/mol. The van der Waals surface area contributed by atoms with Gasteiger partial charge in [0.15, 0.2) is 0 Å². The molecule has 3 saturated carbocycles. The van der Waals surface area contributed by atoms with E-state index in [-0.39, 0.29) is 0 Å². The molecule has 3 aliphatic rings. The smallest absolute Gasteiger partial charge is 0.00413 e. The van der Waals surface area contributed by atoms with Gasteiger partial charge in [0.1, 0.15) is 0 Å². The van der Waals surface area contributed by atoms with Crippen LogP contribution in [0.1, 0.15) is 45.6 Å². The van der Waals surface area contributed by atoms with Gasteiger partial charge < -0.3 is 0 Å². The second-order valence-corrected chi connectivity index (χ2v) is 7.60. The van der Waals surface area contributed by atoms with Gasteiger partial charge in [-0.25, -0.2) is 0 Å². The van der Waals surface area contributed by atoms with E-state index in [1.54, 1.807) is 5.56 Å². The zero-order valence-corrected chi connectivity index (χ0v) is 12.8. The number of hydrogen-bond donors (Lipinski definition) is 0. The number of fused-ring (bicyclic) bond motifs is 3. The molecule has 0 aromatic heterocycles. The SMILES string of the molecule is CC1CCC2CC1(c1cccc3ccccc13)C2(C)C. The quantitative estimate of drug-likeness (QED) is 0.633. The van der Waals surface area contributed by atoms with E-state index in [0.717, 1.165) is 11.8 Å². The molecular weight excluding hydrogens is 240 g/mol. The highest BCUT2D eigenvalue weighted by Gasteiger charge is 2.65. The summed E-state index contributed by atoms with van der Waals surface area (Å²) in [4.78, 5) is 0. The first kappa shape index (κ1) is 12.4. The lowest BCUT2D eigenvalue weighted by Gasteiger charge is -2.69.